The maximum atomic E-state index is 11.3. The highest BCUT2D eigenvalue weighted by atomic mass is 35.5. The second-order valence-corrected chi connectivity index (χ2v) is 5.71. The Kier molecular flexibility index (Phi) is 3.87. The number of rotatable bonds is 3. The lowest BCUT2D eigenvalue weighted by Crippen LogP contribution is -2.07. The minimum atomic E-state index is -1.14. The second-order valence-electron chi connectivity index (χ2n) is 4.84. The lowest BCUT2D eigenvalue weighted by molar-refractivity contribution is 0.0691. The van der Waals surface area contributed by atoms with Gasteiger partial charge in [0.05, 0.1) is 12.8 Å². The van der Waals surface area contributed by atoms with Crippen LogP contribution in [0, 0.1) is 6.92 Å². The fourth-order valence-electron chi connectivity index (χ4n) is 2.45. The van der Waals surface area contributed by atoms with Gasteiger partial charge in [0, 0.05) is 21.8 Å². The summed E-state index contributed by atoms with van der Waals surface area (Å²) in [5.74, 6) is -1.04. The van der Waals surface area contributed by atoms with Gasteiger partial charge in [-0.05, 0) is 30.7 Å². The third-order valence-corrected chi connectivity index (χ3v) is 3.79. The fourth-order valence-corrected chi connectivity index (χ4v) is 2.98. The zero-order chi connectivity index (χ0) is 16.7. The van der Waals surface area contributed by atoms with Gasteiger partial charge in [-0.1, -0.05) is 23.2 Å². The van der Waals surface area contributed by atoms with Gasteiger partial charge in [-0.3, -0.25) is 0 Å². The highest BCUT2D eigenvalue weighted by Crippen LogP contribution is 2.33. The molecule has 118 valence electrons. The van der Waals surface area contributed by atoms with Crippen molar-refractivity contribution < 1.29 is 14.6 Å². The first-order chi connectivity index (χ1) is 10.9. The van der Waals surface area contributed by atoms with Gasteiger partial charge < -0.3 is 9.84 Å². The van der Waals surface area contributed by atoms with E-state index in [1.54, 1.807) is 25.1 Å². The molecule has 23 heavy (non-hydrogen) atoms. The molecule has 0 aliphatic heterocycles. The number of fused-ring (bicyclic) bond motifs is 1. The van der Waals surface area contributed by atoms with E-state index in [2.05, 4.69) is 10.1 Å². The molecule has 0 spiro atoms. The molecule has 8 heteroatoms. The molecule has 1 N–H and O–H groups in total. The van der Waals surface area contributed by atoms with E-state index in [0.717, 1.165) is 5.56 Å². The van der Waals surface area contributed by atoms with Crippen molar-refractivity contribution in [1.29, 1.82) is 0 Å². The number of methoxy groups -OCH3 is 1. The lowest BCUT2D eigenvalue weighted by atomic mass is 10.1. The van der Waals surface area contributed by atoms with E-state index in [0.29, 0.717) is 26.9 Å². The van der Waals surface area contributed by atoms with E-state index in [-0.39, 0.29) is 11.4 Å². The van der Waals surface area contributed by atoms with Gasteiger partial charge in [0.25, 0.3) is 0 Å². The van der Waals surface area contributed by atoms with Crippen LogP contribution < -0.4 is 4.74 Å². The van der Waals surface area contributed by atoms with Gasteiger partial charge >= 0.3 is 5.97 Å². The van der Waals surface area contributed by atoms with Crippen LogP contribution in [0.4, 0.5) is 0 Å². The molecule has 3 rings (SSSR count). The maximum Gasteiger partial charge on any atom is 0.342 e. The normalized spacial score (nSPS) is 11.0. The highest BCUT2D eigenvalue weighted by Gasteiger charge is 2.21. The first-order valence-corrected chi connectivity index (χ1v) is 7.30. The Hall–Kier alpha value is -2.31. The first kappa shape index (κ1) is 15.6. The SMILES string of the molecule is COc1c(C(=O)O)cnc2c(-c3cc(Cl)cc(Cl)c3)c(C)nn12. The predicted octanol–water partition coefficient (Wildman–Crippen LogP) is 3.72. The molecule has 0 unspecified atom stereocenters. The molecule has 0 aliphatic carbocycles. The van der Waals surface area contributed by atoms with Crippen molar-refractivity contribution in [2.75, 3.05) is 7.11 Å². The van der Waals surface area contributed by atoms with Crippen molar-refractivity contribution in [2.45, 2.75) is 6.92 Å². The van der Waals surface area contributed by atoms with E-state index in [4.69, 9.17) is 27.9 Å². The van der Waals surface area contributed by atoms with E-state index >= 15 is 0 Å². The topological polar surface area (TPSA) is 76.7 Å². The summed E-state index contributed by atoms with van der Waals surface area (Å²) in [5.41, 5.74) is 2.50. The summed E-state index contributed by atoms with van der Waals surface area (Å²) in [4.78, 5) is 15.5. The predicted molar refractivity (Wildman–Crippen MR) is 86.7 cm³/mol. The summed E-state index contributed by atoms with van der Waals surface area (Å²) in [5, 5.41) is 14.5. The summed E-state index contributed by atoms with van der Waals surface area (Å²) in [6.07, 6.45) is 1.24. The molecule has 1 aromatic carbocycles. The standard InChI is InChI=1S/C15H11Cl2N3O3/c1-7-12(8-3-9(16)5-10(17)4-8)13-18-6-11(15(21)22)14(23-2)20(13)19-7/h3-6H,1-2H3,(H,21,22). The van der Waals surface area contributed by atoms with Gasteiger partial charge in [-0.25, -0.2) is 9.78 Å². The molecule has 0 saturated heterocycles. The van der Waals surface area contributed by atoms with Crippen LogP contribution in [0.5, 0.6) is 5.88 Å². The number of nitrogens with zero attached hydrogens (tertiary/aromatic N) is 3. The fraction of sp³-hybridized carbons (Fsp3) is 0.133. The van der Waals surface area contributed by atoms with Crippen molar-refractivity contribution in [1.82, 2.24) is 14.6 Å². The molecule has 0 saturated carbocycles. The third-order valence-electron chi connectivity index (χ3n) is 3.35. The Bertz CT molecular complexity index is 917. The lowest BCUT2D eigenvalue weighted by Gasteiger charge is -2.07. The number of aryl methyl sites for hydroxylation is 1. The third kappa shape index (κ3) is 2.60. The Morgan fingerprint density at radius 3 is 2.48 bits per heavy atom. The summed E-state index contributed by atoms with van der Waals surface area (Å²) in [6.45, 7) is 1.79. The number of carboxylic acid groups (broad SMARTS) is 1. The summed E-state index contributed by atoms with van der Waals surface area (Å²) < 4.78 is 6.56. The number of benzene rings is 1. The van der Waals surface area contributed by atoms with Crippen LogP contribution in [-0.2, 0) is 0 Å². The number of hydrogen-bond donors (Lipinski definition) is 1. The van der Waals surface area contributed by atoms with E-state index < -0.39 is 5.97 Å². The van der Waals surface area contributed by atoms with Gasteiger partial charge in [-0.2, -0.15) is 9.61 Å². The summed E-state index contributed by atoms with van der Waals surface area (Å²) in [6, 6.07) is 5.12. The average molecular weight is 352 g/mol. The molecule has 0 aliphatic rings. The number of ether oxygens (including phenoxy) is 1. The van der Waals surface area contributed by atoms with Gasteiger partial charge in [0.2, 0.25) is 5.88 Å². The van der Waals surface area contributed by atoms with Crippen molar-refractivity contribution >= 4 is 34.8 Å². The number of halogens is 2. The Balaban J connectivity index is 2.35. The summed E-state index contributed by atoms with van der Waals surface area (Å²) in [7, 11) is 1.38. The first-order valence-electron chi connectivity index (χ1n) is 6.54. The van der Waals surface area contributed by atoms with Crippen LogP contribution in [0.15, 0.2) is 24.4 Å². The molecule has 0 fully saturated rings. The molecule has 0 amide bonds. The largest absolute Gasteiger partial charge is 0.480 e. The molecule has 2 aromatic heterocycles. The summed E-state index contributed by atoms with van der Waals surface area (Å²) >= 11 is 12.1. The molecule has 3 aromatic rings. The number of carboxylic acids is 1. The number of aromatic nitrogens is 3. The Morgan fingerprint density at radius 2 is 1.91 bits per heavy atom. The number of hydrogen-bond acceptors (Lipinski definition) is 4. The smallest absolute Gasteiger partial charge is 0.342 e. The molecule has 0 atom stereocenters. The minimum Gasteiger partial charge on any atom is -0.480 e. The molecule has 0 bridgehead atoms. The zero-order valence-corrected chi connectivity index (χ0v) is 13.7. The quantitative estimate of drug-likeness (QED) is 0.777. The van der Waals surface area contributed by atoms with Crippen molar-refractivity contribution in [2.24, 2.45) is 0 Å². The van der Waals surface area contributed by atoms with Gasteiger partial charge in [0.15, 0.2) is 5.65 Å². The van der Waals surface area contributed by atoms with Crippen molar-refractivity contribution in [3.8, 4) is 17.0 Å². The van der Waals surface area contributed by atoms with Crippen LogP contribution >= 0.6 is 23.2 Å². The number of aromatic carboxylic acids is 1. The average Bonchev–Trinajstić information content (AvgIpc) is 2.80. The van der Waals surface area contributed by atoms with Crippen molar-refractivity contribution in [3.05, 3.63) is 45.7 Å². The van der Waals surface area contributed by atoms with Crippen LogP contribution in [0.3, 0.4) is 0 Å². The Labute approximate surface area is 141 Å². The van der Waals surface area contributed by atoms with E-state index in [1.165, 1.54) is 17.8 Å². The van der Waals surface area contributed by atoms with Gasteiger partial charge in [0.1, 0.15) is 5.56 Å². The van der Waals surface area contributed by atoms with Crippen LogP contribution in [0.25, 0.3) is 16.8 Å². The monoisotopic (exact) mass is 351 g/mol. The number of carbonyl (C=O) groups is 1. The van der Waals surface area contributed by atoms with E-state index in [1.807, 2.05) is 0 Å². The molecule has 0 radical (unpaired) electrons. The zero-order valence-electron chi connectivity index (χ0n) is 12.2. The highest BCUT2D eigenvalue weighted by molar-refractivity contribution is 6.35. The van der Waals surface area contributed by atoms with Gasteiger partial charge in [-0.15, -0.1) is 0 Å². The van der Waals surface area contributed by atoms with Crippen LogP contribution in [-0.4, -0.2) is 32.8 Å². The van der Waals surface area contributed by atoms with Crippen LogP contribution in [0.1, 0.15) is 16.1 Å². The Morgan fingerprint density at radius 1 is 1.26 bits per heavy atom. The molecular weight excluding hydrogens is 341 g/mol. The molecular formula is C15H11Cl2N3O3. The van der Waals surface area contributed by atoms with Crippen molar-refractivity contribution in [3.63, 3.8) is 0 Å². The van der Waals surface area contributed by atoms with Crippen LogP contribution in [0.2, 0.25) is 10.0 Å². The molecule has 2 heterocycles. The maximum absolute atomic E-state index is 11.3. The minimum absolute atomic E-state index is 0.0711. The molecule has 6 nitrogen and oxygen atoms in total. The van der Waals surface area contributed by atoms with E-state index in [9.17, 15) is 9.90 Å². The second kappa shape index (κ2) is 5.72.